The quantitative estimate of drug-likeness (QED) is 0.0446. The van der Waals surface area contributed by atoms with Gasteiger partial charge in [0.05, 0.1) is 36.3 Å². The number of piperidine rings is 1. The van der Waals surface area contributed by atoms with Crippen molar-refractivity contribution in [2.45, 2.75) is 91.3 Å². The Morgan fingerprint density at radius 3 is 2.04 bits per heavy atom. The number of urea groups is 1. The third kappa shape index (κ3) is 11.4. The Morgan fingerprint density at radius 1 is 0.885 bits per heavy atom. The number of hydrogen-bond donors (Lipinski definition) is 6. The van der Waals surface area contributed by atoms with Crippen LogP contribution in [0.1, 0.15) is 126 Å². The molecule has 5 aromatic rings. The number of likely N-dealkylation sites (tertiary alicyclic amines) is 2. The number of nitrogens with two attached hydrogens (primary N) is 2. The van der Waals surface area contributed by atoms with Gasteiger partial charge in [-0.15, -0.1) is 0 Å². The number of β-lactam (4-membered cyclic amide) rings is 1. The fourth-order valence-corrected chi connectivity index (χ4v) is 11.6. The van der Waals surface area contributed by atoms with Gasteiger partial charge in [-0.3, -0.25) is 34.9 Å². The van der Waals surface area contributed by atoms with E-state index in [0.717, 1.165) is 41.1 Å². The molecule has 0 aliphatic carbocycles. The van der Waals surface area contributed by atoms with E-state index in [4.69, 9.17) is 31.4 Å². The molecule has 0 radical (unpaired) electrons. The number of aryl methyl sites for hydroxylation is 1. The lowest BCUT2D eigenvalue weighted by molar-refractivity contribution is -0.150. The maximum absolute atomic E-state index is 13.6. The van der Waals surface area contributed by atoms with E-state index >= 15 is 0 Å². The number of carbonyl (C=O) groups is 5. The molecule has 8 N–H and O–H groups in total. The van der Waals surface area contributed by atoms with Crippen molar-refractivity contribution in [3.63, 3.8) is 0 Å². The molecular formula is C53H68N14O10S. The molecule has 3 unspecified atom stereocenters. The fraction of sp³-hybridized carbons (Fsp3) is 0.453. The maximum Gasteiger partial charge on any atom is 0.327 e. The number of methoxy groups -OCH3 is 1. The molecule has 3 atom stereocenters. The second kappa shape index (κ2) is 23.0. The number of furan rings is 1. The van der Waals surface area contributed by atoms with Crippen LogP contribution in [0.4, 0.5) is 16.4 Å². The predicted molar refractivity (Wildman–Crippen MR) is 288 cm³/mol. The van der Waals surface area contributed by atoms with Crippen LogP contribution >= 0.6 is 0 Å². The molecule has 78 heavy (non-hydrogen) atoms. The molecule has 24 nitrogen and oxygen atoms in total. The standard InChI is InChI=1S/C27H37N7O5.C26H31N7O5S/c1-16-20(33(24(16)36)26(38)32-12-6-7-13-32)19-21(39-5)23(34(30-19)25(37)27(2,3)15-35)31(4)14-17-8-10-18(11-9-17)22(28)29;1-17-12-21(16-38-17)26(35)33-23(29-15-18-4-6-19(7-5-18)25(27)28)14-22(30-33)20-8-11-32(24(34)13-20)39(36,37)31-9-2-3-10-31/h8-11,16,20,35H,6-7,12-15H2,1-5H3,(H3,28,29);4-7,12,14,16,20,29H,2-3,8-11,13,15H2,1H3,(H3,27,28). The minimum absolute atomic E-state index is 0.0188. The molecular weight excluding hydrogens is 1020 g/mol. The summed E-state index contributed by atoms with van der Waals surface area (Å²) in [7, 11) is -0.581. The monoisotopic (exact) mass is 1090 g/mol. The Labute approximate surface area is 452 Å². The number of anilines is 2. The smallest absolute Gasteiger partial charge is 0.327 e. The number of nitrogens with one attached hydrogen (secondary N) is 3. The van der Waals surface area contributed by atoms with E-state index in [1.165, 1.54) is 31.9 Å². The largest absolute Gasteiger partial charge is 0.491 e. The van der Waals surface area contributed by atoms with Crippen molar-refractivity contribution in [1.29, 1.82) is 10.8 Å². The molecule has 416 valence electrons. The van der Waals surface area contributed by atoms with Crippen molar-refractivity contribution < 1.29 is 46.7 Å². The highest BCUT2D eigenvalue weighted by Crippen LogP contribution is 2.47. The van der Waals surface area contributed by atoms with E-state index in [9.17, 15) is 37.5 Å². The van der Waals surface area contributed by atoms with Crippen LogP contribution in [0.5, 0.6) is 5.75 Å². The summed E-state index contributed by atoms with van der Waals surface area (Å²) in [5.74, 6) is -0.900. The molecule has 0 saturated carbocycles. The van der Waals surface area contributed by atoms with E-state index in [0.29, 0.717) is 91.2 Å². The Morgan fingerprint density at radius 2 is 1.49 bits per heavy atom. The summed E-state index contributed by atoms with van der Waals surface area (Å²) in [6.45, 7) is 9.14. The first-order valence-corrected chi connectivity index (χ1v) is 27.2. The topological polar surface area (TPSA) is 326 Å². The van der Waals surface area contributed by atoms with Crippen LogP contribution < -0.4 is 26.4 Å². The second-order valence-corrected chi connectivity index (χ2v) is 22.6. The van der Waals surface area contributed by atoms with Crippen molar-refractivity contribution >= 4 is 63.2 Å². The molecule has 0 bridgehead atoms. The summed E-state index contributed by atoms with van der Waals surface area (Å²) in [5.41, 5.74) is 14.1. The van der Waals surface area contributed by atoms with Crippen LogP contribution in [0.3, 0.4) is 0 Å². The SMILES string of the molecule is COc1c(C2C(C)C(=O)N2C(=O)N2CCCC2)nn(C(=O)C(C)(C)CO)c1N(C)Cc1ccc(C(=N)N)cc1.Cc1cc(C(=O)n2nc(C3CCN(S(=O)(=O)N4CCCC4)C(=O)C3)cc2NCc2ccc(C(=N)N)cc2)co1. The number of aliphatic hydroxyl groups excluding tert-OH is 1. The molecule has 4 amide bonds. The Hall–Kier alpha value is -7.90. The predicted octanol–water partition coefficient (Wildman–Crippen LogP) is 4.62. The summed E-state index contributed by atoms with van der Waals surface area (Å²) in [6.07, 6.45) is 5.12. The van der Waals surface area contributed by atoms with Crippen LogP contribution in [0.2, 0.25) is 0 Å². The van der Waals surface area contributed by atoms with E-state index < -0.39 is 51.9 Å². The van der Waals surface area contributed by atoms with Gasteiger partial charge in [-0.25, -0.2) is 9.10 Å². The first kappa shape index (κ1) is 56.3. The summed E-state index contributed by atoms with van der Waals surface area (Å²) in [5, 5.41) is 37.5. The van der Waals surface area contributed by atoms with Crippen molar-refractivity contribution in [1.82, 2.24) is 38.0 Å². The van der Waals surface area contributed by atoms with Gasteiger partial charge in [0.2, 0.25) is 11.8 Å². The normalized spacial score (nSPS) is 18.8. The number of nitrogens with zero attached hydrogens (tertiary/aromatic N) is 9. The number of ether oxygens (including phenoxy) is 1. The van der Waals surface area contributed by atoms with Gasteiger partial charge in [-0.1, -0.05) is 55.5 Å². The van der Waals surface area contributed by atoms with Crippen LogP contribution in [-0.2, 0) is 32.9 Å². The van der Waals surface area contributed by atoms with Crippen molar-refractivity contribution in [2.75, 3.05) is 63.7 Å². The molecule has 4 aliphatic heterocycles. The van der Waals surface area contributed by atoms with Crippen molar-refractivity contribution in [2.24, 2.45) is 22.8 Å². The van der Waals surface area contributed by atoms with E-state index in [2.05, 4.69) is 15.5 Å². The zero-order valence-corrected chi connectivity index (χ0v) is 45.5. The number of imide groups is 1. The zero-order valence-electron chi connectivity index (χ0n) is 44.7. The summed E-state index contributed by atoms with van der Waals surface area (Å²) in [4.78, 5) is 70.8. The second-order valence-electron chi connectivity index (χ2n) is 20.7. The van der Waals surface area contributed by atoms with Gasteiger partial charge >= 0.3 is 16.2 Å². The fourth-order valence-electron chi connectivity index (χ4n) is 9.96. The molecule has 4 saturated heterocycles. The molecule has 0 spiro atoms. The average Bonchev–Trinajstić information content (AvgIpc) is 4.34. The van der Waals surface area contributed by atoms with Crippen LogP contribution in [-0.4, -0.2) is 146 Å². The van der Waals surface area contributed by atoms with Crippen LogP contribution in [0, 0.1) is 29.1 Å². The van der Waals surface area contributed by atoms with Gasteiger partial charge in [0.1, 0.15) is 41.2 Å². The molecule has 2 aromatic carbocycles. The number of nitrogen functional groups attached to an aromatic ring is 2. The van der Waals surface area contributed by atoms with Gasteiger partial charge in [0, 0.05) is 82.4 Å². The number of amides is 4. The number of aliphatic hydroxyl groups is 1. The Bertz CT molecular complexity index is 3210. The number of aromatic nitrogens is 4. The summed E-state index contributed by atoms with van der Waals surface area (Å²) >= 11 is 0. The van der Waals surface area contributed by atoms with Crippen molar-refractivity contribution in [3.8, 4) is 5.75 Å². The van der Waals surface area contributed by atoms with Gasteiger partial charge in [-0.2, -0.15) is 32.3 Å². The highest BCUT2D eigenvalue weighted by atomic mass is 32.2. The van der Waals surface area contributed by atoms with Crippen LogP contribution in [0.25, 0.3) is 0 Å². The third-order valence-electron chi connectivity index (χ3n) is 14.6. The Kier molecular flexibility index (Phi) is 16.6. The van der Waals surface area contributed by atoms with E-state index in [1.54, 1.807) is 80.9 Å². The number of amidine groups is 2. The molecule has 4 aliphatic rings. The first-order valence-electron chi connectivity index (χ1n) is 25.8. The zero-order chi connectivity index (χ0) is 56.4. The lowest BCUT2D eigenvalue weighted by atomic mass is 9.86. The summed E-state index contributed by atoms with van der Waals surface area (Å²) < 4.78 is 41.8. The molecule has 3 aromatic heterocycles. The minimum Gasteiger partial charge on any atom is -0.491 e. The molecule has 7 heterocycles. The highest BCUT2D eigenvalue weighted by molar-refractivity contribution is 7.87. The number of carbonyl (C=O) groups excluding carboxylic acids is 5. The molecule has 4 fully saturated rings. The maximum atomic E-state index is 13.6. The van der Waals surface area contributed by atoms with Gasteiger partial charge in [0.25, 0.3) is 11.8 Å². The van der Waals surface area contributed by atoms with E-state index in [1.807, 2.05) is 24.3 Å². The lowest BCUT2D eigenvalue weighted by Crippen LogP contribution is -2.59. The molecule has 25 heteroatoms. The summed E-state index contributed by atoms with van der Waals surface area (Å²) in [6, 6.07) is 16.6. The third-order valence-corrected chi connectivity index (χ3v) is 16.6. The highest BCUT2D eigenvalue weighted by Gasteiger charge is 2.54. The number of benzene rings is 2. The molecule has 9 rings (SSSR count). The Balaban J connectivity index is 0.000000206. The van der Waals surface area contributed by atoms with Crippen LogP contribution in [0.15, 0.2) is 71.3 Å². The number of hydrogen-bond acceptors (Lipinski definition) is 16. The number of rotatable bonds is 16. The van der Waals surface area contributed by atoms with Gasteiger partial charge < -0.3 is 40.8 Å². The first-order chi connectivity index (χ1) is 37.1. The minimum atomic E-state index is -3.82. The van der Waals surface area contributed by atoms with Crippen molar-refractivity contribution in [3.05, 3.63) is 112 Å². The lowest BCUT2D eigenvalue weighted by Gasteiger charge is -2.44. The van der Waals surface area contributed by atoms with Gasteiger partial charge in [-0.05, 0) is 70.1 Å². The van der Waals surface area contributed by atoms with E-state index in [-0.39, 0.29) is 48.2 Å². The average molecular weight is 1090 g/mol. The van der Waals surface area contributed by atoms with Gasteiger partial charge in [0.15, 0.2) is 11.6 Å².